The molecule has 5 heteroatoms. The van der Waals surface area contributed by atoms with Gasteiger partial charge in [0.15, 0.2) is 0 Å². The average molecular weight is 455 g/mol. The molecular formula is C29H30N2O3. The maximum absolute atomic E-state index is 12.5. The Morgan fingerprint density at radius 3 is 2.32 bits per heavy atom. The minimum absolute atomic E-state index is 0.0228. The minimum Gasteiger partial charge on any atom is -0.497 e. The Morgan fingerprint density at radius 2 is 1.62 bits per heavy atom. The van der Waals surface area contributed by atoms with E-state index in [1.807, 2.05) is 78.6 Å². The number of hydrogen-bond acceptors (Lipinski definition) is 4. The van der Waals surface area contributed by atoms with Gasteiger partial charge in [-0.15, -0.1) is 0 Å². The van der Waals surface area contributed by atoms with Crippen molar-refractivity contribution in [3.05, 3.63) is 101 Å². The van der Waals surface area contributed by atoms with Gasteiger partial charge in [0.25, 0.3) is 0 Å². The lowest BCUT2D eigenvalue weighted by molar-refractivity contribution is -0.129. The van der Waals surface area contributed by atoms with E-state index in [2.05, 4.69) is 12.1 Å². The first-order chi connectivity index (χ1) is 16.5. The zero-order valence-electron chi connectivity index (χ0n) is 20.0. The largest absolute Gasteiger partial charge is 0.497 e. The summed E-state index contributed by atoms with van der Waals surface area (Å²) in [5, 5.41) is 0.979. The molecule has 0 radical (unpaired) electrons. The number of para-hydroxylation sites is 1. The SMILES string of the molecule is COc1ccc(CCN(Cc2nc3ccccc3c(OCc3ccccc3)c2C)C(C)=O)cc1. The summed E-state index contributed by atoms with van der Waals surface area (Å²) in [6.07, 6.45) is 0.758. The van der Waals surface area contributed by atoms with Gasteiger partial charge in [0.05, 0.1) is 24.9 Å². The van der Waals surface area contributed by atoms with Crippen LogP contribution in [0.15, 0.2) is 78.9 Å². The zero-order valence-corrected chi connectivity index (χ0v) is 20.0. The molecule has 0 fully saturated rings. The third-order valence-corrected chi connectivity index (χ3v) is 6.02. The fourth-order valence-corrected chi connectivity index (χ4v) is 3.98. The van der Waals surface area contributed by atoms with E-state index in [9.17, 15) is 4.79 Å². The van der Waals surface area contributed by atoms with E-state index in [0.29, 0.717) is 19.7 Å². The molecule has 174 valence electrons. The highest BCUT2D eigenvalue weighted by Crippen LogP contribution is 2.31. The summed E-state index contributed by atoms with van der Waals surface area (Å²) in [5.74, 6) is 1.67. The molecule has 1 heterocycles. The molecule has 4 aromatic rings. The van der Waals surface area contributed by atoms with Gasteiger partial charge in [-0.05, 0) is 48.7 Å². The molecule has 0 atom stereocenters. The third-order valence-electron chi connectivity index (χ3n) is 6.02. The summed E-state index contributed by atoms with van der Waals surface area (Å²) < 4.78 is 11.5. The van der Waals surface area contributed by atoms with Crippen LogP contribution in [0.1, 0.15) is 29.3 Å². The van der Waals surface area contributed by atoms with Crippen molar-refractivity contribution in [2.24, 2.45) is 0 Å². The van der Waals surface area contributed by atoms with Gasteiger partial charge in [-0.1, -0.05) is 54.6 Å². The standard InChI is InChI=1S/C29H30N2O3/c1-21-28(19-31(22(2)32)18-17-23-13-15-25(33-3)16-14-23)30-27-12-8-7-11-26(27)29(21)34-20-24-9-5-4-6-10-24/h4-16H,17-20H2,1-3H3. The number of rotatable bonds is 9. The quantitative estimate of drug-likeness (QED) is 0.324. The Bertz CT molecular complexity index is 1250. The smallest absolute Gasteiger partial charge is 0.219 e. The molecule has 0 saturated carbocycles. The number of pyridine rings is 1. The fourth-order valence-electron chi connectivity index (χ4n) is 3.98. The molecule has 0 unspecified atom stereocenters. The number of aromatic nitrogens is 1. The van der Waals surface area contributed by atoms with Crippen LogP contribution in [0.5, 0.6) is 11.5 Å². The van der Waals surface area contributed by atoms with Gasteiger partial charge in [0, 0.05) is 24.4 Å². The van der Waals surface area contributed by atoms with Crippen molar-refractivity contribution >= 4 is 16.8 Å². The van der Waals surface area contributed by atoms with Crippen molar-refractivity contribution in [1.82, 2.24) is 9.88 Å². The van der Waals surface area contributed by atoms with Gasteiger partial charge in [0.2, 0.25) is 5.91 Å². The number of hydrogen-bond donors (Lipinski definition) is 0. The molecular weight excluding hydrogens is 424 g/mol. The van der Waals surface area contributed by atoms with E-state index in [-0.39, 0.29) is 5.91 Å². The van der Waals surface area contributed by atoms with Crippen LogP contribution in [0.25, 0.3) is 10.9 Å². The van der Waals surface area contributed by atoms with Crippen molar-refractivity contribution in [2.45, 2.75) is 33.4 Å². The lowest BCUT2D eigenvalue weighted by Gasteiger charge is -2.23. The lowest BCUT2D eigenvalue weighted by Crippen LogP contribution is -2.31. The number of carbonyl (C=O) groups is 1. The van der Waals surface area contributed by atoms with Crippen LogP contribution in [0, 0.1) is 6.92 Å². The Balaban J connectivity index is 1.57. The van der Waals surface area contributed by atoms with Gasteiger partial charge >= 0.3 is 0 Å². The molecule has 0 saturated heterocycles. The van der Waals surface area contributed by atoms with Crippen LogP contribution >= 0.6 is 0 Å². The van der Waals surface area contributed by atoms with Crippen LogP contribution in [0.4, 0.5) is 0 Å². The lowest BCUT2D eigenvalue weighted by atomic mass is 10.1. The predicted molar refractivity (Wildman–Crippen MR) is 135 cm³/mol. The van der Waals surface area contributed by atoms with Gasteiger partial charge < -0.3 is 14.4 Å². The van der Waals surface area contributed by atoms with Crippen LogP contribution in [0.3, 0.4) is 0 Å². The molecule has 0 aliphatic carbocycles. The van der Waals surface area contributed by atoms with Crippen molar-refractivity contribution < 1.29 is 14.3 Å². The van der Waals surface area contributed by atoms with E-state index >= 15 is 0 Å². The Hall–Kier alpha value is -3.86. The van der Waals surface area contributed by atoms with E-state index in [4.69, 9.17) is 14.5 Å². The Labute approximate surface area is 201 Å². The topological polar surface area (TPSA) is 51.7 Å². The number of carbonyl (C=O) groups excluding carboxylic acids is 1. The molecule has 0 N–H and O–H groups in total. The number of methoxy groups -OCH3 is 1. The van der Waals surface area contributed by atoms with Crippen molar-refractivity contribution in [3.63, 3.8) is 0 Å². The van der Waals surface area contributed by atoms with Crippen LogP contribution in [-0.2, 0) is 24.4 Å². The number of benzene rings is 3. The first kappa shape index (κ1) is 23.3. The third kappa shape index (κ3) is 5.54. The van der Waals surface area contributed by atoms with Crippen LogP contribution in [-0.4, -0.2) is 29.4 Å². The highest BCUT2D eigenvalue weighted by molar-refractivity contribution is 5.86. The Morgan fingerprint density at radius 1 is 0.912 bits per heavy atom. The summed E-state index contributed by atoms with van der Waals surface area (Å²) in [6.45, 7) is 5.15. The maximum atomic E-state index is 12.5. The number of amides is 1. The fraction of sp³-hybridized carbons (Fsp3) is 0.241. The zero-order chi connectivity index (χ0) is 23.9. The summed E-state index contributed by atoms with van der Waals surface area (Å²) in [5.41, 5.74) is 4.94. The predicted octanol–water partition coefficient (Wildman–Crippen LogP) is 5.72. The van der Waals surface area contributed by atoms with Crippen molar-refractivity contribution in [2.75, 3.05) is 13.7 Å². The molecule has 34 heavy (non-hydrogen) atoms. The van der Waals surface area contributed by atoms with Crippen molar-refractivity contribution in [1.29, 1.82) is 0 Å². The number of fused-ring (bicyclic) bond motifs is 1. The molecule has 4 rings (SSSR count). The second kappa shape index (κ2) is 10.8. The highest BCUT2D eigenvalue weighted by atomic mass is 16.5. The summed E-state index contributed by atoms with van der Waals surface area (Å²) >= 11 is 0. The van der Waals surface area contributed by atoms with Crippen LogP contribution < -0.4 is 9.47 Å². The number of ether oxygens (including phenoxy) is 2. The van der Waals surface area contributed by atoms with Crippen molar-refractivity contribution in [3.8, 4) is 11.5 Å². The molecule has 1 aromatic heterocycles. The molecule has 0 aliphatic heterocycles. The molecule has 5 nitrogen and oxygen atoms in total. The normalized spacial score (nSPS) is 10.8. The Kier molecular flexibility index (Phi) is 7.43. The first-order valence-electron chi connectivity index (χ1n) is 11.5. The molecule has 0 aliphatic rings. The average Bonchev–Trinajstić information content (AvgIpc) is 2.87. The minimum atomic E-state index is 0.0228. The first-order valence-corrected chi connectivity index (χ1v) is 11.5. The molecule has 3 aromatic carbocycles. The second-order valence-electron chi connectivity index (χ2n) is 8.34. The molecule has 0 spiro atoms. The van der Waals surface area contributed by atoms with E-state index < -0.39 is 0 Å². The summed E-state index contributed by atoms with van der Waals surface area (Å²) in [7, 11) is 1.66. The number of nitrogens with zero attached hydrogens (tertiary/aromatic N) is 2. The maximum Gasteiger partial charge on any atom is 0.219 e. The van der Waals surface area contributed by atoms with E-state index in [1.54, 1.807) is 14.0 Å². The summed E-state index contributed by atoms with van der Waals surface area (Å²) in [6, 6.07) is 26.1. The van der Waals surface area contributed by atoms with Gasteiger partial charge in [0.1, 0.15) is 18.1 Å². The van der Waals surface area contributed by atoms with E-state index in [1.165, 1.54) is 0 Å². The van der Waals surface area contributed by atoms with Gasteiger partial charge in [-0.3, -0.25) is 9.78 Å². The van der Waals surface area contributed by atoms with E-state index in [0.717, 1.165) is 51.2 Å². The monoisotopic (exact) mass is 454 g/mol. The van der Waals surface area contributed by atoms with Crippen LogP contribution in [0.2, 0.25) is 0 Å². The highest BCUT2D eigenvalue weighted by Gasteiger charge is 2.17. The summed E-state index contributed by atoms with van der Waals surface area (Å²) in [4.78, 5) is 19.2. The van der Waals surface area contributed by atoms with Gasteiger partial charge in [-0.2, -0.15) is 0 Å². The molecule has 1 amide bonds. The second-order valence-corrected chi connectivity index (χ2v) is 8.34. The molecule has 0 bridgehead atoms. The van der Waals surface area contributed by atoms with Gasteiger partial charge in [-0.25, -0.2) is 0 Å².